The van der Waals surface area contributed by atoms with Crippen LogP contribution in [0.15, 0.2) is 0 Å². The van der Waals surface area contributed by atoms with E-state index in [4.69, 9.17) is 0 Å². The van der Waals surface area contributed by atoms with Crippen molar-refractivity contribution in [2.75, 3.05) is 0 Å². The fourth-order valence-corrected chi connectivity index (χ4v) is 1.81. The van der Waals surface area contributed by atoms with Gasteiger partial charge in [-0.15, -0.1) is 0 Å². The average Bonchev–Trinajstić information content (AvgIpc) is 2.49. The fourth-order valence-electron chi connectivity index (χ4n) is 1.81. The van der Waals surface area contributed by atoms with Gasteiger partial charge in [-0.05, 0) is 32.8 Å². The lowest BCUT2D eigenvalue weighted by Gasteiger charge is -2.17. The molecule has 1 aromatic heterocycles. The Kier molecular flexibility index (Phi) is 4.60. The number of aromatic nitrogens is 2. The second-order valence-corrected chi connectivity index (χ2v) is 4.60. The molecule has 0 aliphatic carbocycles. The van der Waals surface area contributed by atoms with Crippen molar-refractivity contribution in [3.05, 3.63) is 17.0 Å². The first-order valence-electron chi connectivity index (χ1n) is 5.98. The number of carbonyl (C=O) groups excluding carboxylic acids is 1. The van der Waals surface area contributed by atoms with Gasteiger partial charge in [0.05, 0.1) is 5.69 Å². The van der Waals surface area contributed by atoms with E-state index in [1.165, 1.54) is 0 Å². The number of carbonyl (C=O) groups is 1. The predicted molar refractivity (Wildman–Crippen MR) is 64.7 cm³/mol. The lowest BCUT2D eigenvalue weighted by Crippen LogP contribution is -2.43. The van der Waals surface area contributed by atoms with E-state index in [1.807, 2.05) is 19.2 Å². The van der Waals surface area contributed by atoms with Crippen LogP contribution < -0.4 is 5.32 Å². The van der Waals surface area contributed by atoms with Crippen LogP contribution in [0.1, 0.15) is 30.3 Å². The quantitative estimate of drug-likeness (QED) is 0.915. The smallest absolute Gasteiger partial charge is 0.345 e. The van der Waals surface area contributed by atoms with E-state index in [2.05, 4.69) is 5.10 Å². The SMILES string of the molecule is Cc1nn(C)c(C)c1CCC(=O)NC(C)C(F)(F)F. The van der Waals surface area contributed by atoms with Crippen molar-refractivity contribution >= 4 is 5.91 Å². The molecular formula is C12H18F3N3O. The normalized spacial score (nSPS) is 13.4. The molecule has 7 heteroatoms. The Hall–Kier alpha value is -1.53. The van der Waals surface area contributed by atoms with Gasteiger partial charge in [0.25, 0.3) is 0 Å². The number of amides is 1. The molecule has 1 aromatic rings. The van der Waals surface area contributed by atoms with Crippen molar-refractivity contribution < 1.29 is 18.0 Å². The molecule has 1 atom stereocenters. The third-order valence-electron chi connectivity index (χ3n) is 3.13. The molecule has 4 nitrogen and oxygen atoms in total. The second kappa shape index (κ2) is 5.63. The van der Waals surface area contributed by atoms with Crippen molar-refractivity contribution in [3.8, 4) is 0 Å². The first-order chi connectivity index (χ1) is 8.62. The van der Waals surface area contributed by atoms with Crippen LogP contribution in [0.2, 0.25) is 0 Å². The minimum absolute atomic E-state index is 0.0216. The summed E-state index contributed by atoms with van der Waals surface area (Å²) >= 11 is 0. The highest BCUT2D eigenvalue weighted by Crippen LogP contribution is 2.20. The van der Waals surface area contributed by atoms with E-state index in [0.29, 0.717) is 6.42 Å². The summed E-state index contributed by atoms with van der Waals surface area (Å²) in [6, 6.07) is -1.82. The molecule has 0 fully saturated rings. The van der Waals surface area contributed by atoms with E-state index in [0.717, 1.165) is 23.9 Å². The Labute approximate surface area is 110 Å². The molecule has 0 radical (unpaired) electrons. The van der Waals surface area contributed by atoms with Gasteiger partial charge in [-0.1, -0.05) is 0 Å². The van der Waals surface area contributed by atoms with Crippen molar-refractivity contribution in [1.29, 1.82) is 0 Å². The Morgan fingerprint density at radius 3 is 2.42 bits per heavy atom. The molecule has 0 spiro atoms. The van der Waals surface area contributed by atoms with E-state index in [-0.39, 0.29) is 6.42 Å². The van der Waals surface area contributed by atoms with Crippen molar-refractivity contribution in [3.63, 3.8) is 0 Å². The van der Waals surface area contributed by atoms with Crippen LogP contribution in [0.25, 0.3) is 0 Å². The van der Waals surface area contributed by atoms with Gasteiger partial charge in [0.15, 0.2) is 0 Å². The Bertz CT molecular complexity index is 466. The van der Waals surface area contributed by atoms with E-state index in [9.17, 15) is 18.0 Å². The summed E-state index contributed by atoms with van der Waals surface area (Å²) in [4.78, 5) is 11.5. The van der Waals surface area contributed by atoms with Crippen molar-refractivity contribution in [2.45, 2.75) is 45.8 Å². The topological polar surface area (TPSA) is 46.9 Å². The number of halogens is 3. The summed E-state index contributed by atoms with van der Waals surface area (Å²) in [6.07, 6.45) is -3.99. The number of nitrogens with zero attached hydrogens (tertiary/aromatic N) is 2. The number of aryl methyl sites for hydroxylation is 2. The molecule has 1 unspecified atom stereocenters. The lowest BCUT2D eigenvalue weighted by molar-refractivity contribution is -0.158. The highest BCUT2D eigenvalue weighted by atomic mass is 19.4. The molecule has 108 valence electrons. The number of alkyl halides is 3. The van der Waals surface area contributed by atoms with Crippen molar-refractivity contribution in [2.24, 2.45) is 7.05 Å². The van der Waals surface area contributed by atoms with Crippen LogP contribution in [-0.4, -0.2) is 27.9 Å². The Morgan fingerprint density at radius 1 is 1.42 bits per heavy atom. The summed E-state index contributed by atoms with van der Waals surface area (Å²) in [5.74, 6) is -0.604. The van der Waals surface area contributed by atoms with E-state index in [1.54, 1.807) is 11.7 Å². The van der Waals surface area contributed by atoms with Gasteiger partial charge in [-0.3, -0.25) is 9.48 Å². The molecule has 0 saturated heterocycles. The first-order valence-corrected chi connectivity index (χ1v) is 5.98. The highest BCUT2D eigenvalue weighted by molar-refractivity contribution is 5.76. The molecule has 1 amide bonds. The minimum atomic E-state index is -4.41. The summed E-state index contributed by atoms with van der Waals surface area (Å²) < 4.78 is 38.5. The first kappa shape index (κ1) is 15.5. The summed E-state index contributed by atoms with van der Waals surface area (Å²) in [6.45, 7) is 4.61. The maximum Gasteiger partial charge on any atom is 0.408 e. The van der Waals surface area contributed by atoms with Crippen LogP contribution >= 0.6 is 0 Å². The number of rotatable bonds is 4. The van der Waals surface area contributed by atoms with Gasteiger partial charge < -0.3 is 5.32 Å². The summed E-state index contributed by atoms with van der Waals surface area (Å²) in [7, 11) is 1.79. The standard InChI is InChI=1S/C12H18F3N3O/c1-7-10(8(2)18(4)17-7)5-6-11(19)16-9(3)12(13,14)15/h9H,5-6H2,1-4H3,(H,16,19). The summed E-state index contributed by atoms with van der Waals surface area (Å²) in [5.41, 5.74) is 2.64. The number of nitrogens with one attached hydrogen (secondary N) is 1. The van der Waals surface area contributed by atoms with Gasteiger partial charge in [0, 0.05) is 19.2 Å². The molecular weight excluding hydrogens is 259 g/mol. The zero-order valence-corrected chi connectivity index (χ0v) is 11.4. The van der Waals surface area contributed by atoms with E-state index < -0.39 is 18.1 Å². The maximum absolute atomic E-state index is 12.3. The fraction of sp³-hybridized carbons (Fsp3) is 0.667. The molecule has 19 heavy (non-hydrogen) atoms. The van der Waals surface area contributed by atoms with Gasteiger partial charge in [0.1, 0.15) is 6.04 Å². The third kappa shape index (κ3) is 3.97. The van der Waals surface area contributed by atoms with Crippen LogP contribution in [0.5, 0.6) is 0 Å². The zero-order chi connectivity index (χ0) is 14.8. The number of hydrogen-bond donors (Lipinski definition) is 1. The second-order valence-electron chi connectivity index (χ2n) is 4.60. The van der Waals surface area contributed by atoms with Gasteiger partial charge in [-0.25, -0.2) is 0 Å². The van der Waals surface area contributed by atoms with Crippen LogP contribution in [0.3, 0.4) is 0 Å². The monoisotopic (exact) mass is 277 g/mol. The molecule has 0 aliphatic heterocycles. The van der Waals surface area contributed by atoms with Crippen LogP contribution in [-0.2, 0) is 18.3 Å². The molecule has 1 heterocycles. The third-order valence-corrected chi connectivity index (χ3v) is 3.13. The Balaban J connectivity index is 2.56. The zero-order valence-electron chi connectivity index (χ0n) is 11.4. The van der Waals surface area contributed by atoms with E-state index >= 15 is 0 Å². The average molecular weight is 277 g/mol. The minimum Gasteiger partial charge on any atom is -0.345 e. The van der Waals surface area contributed by atoms with Crippen molar-refractivity contribution in [1.82, 2.24) is 15.1 Å². The van der Waals surface area contributed by atoms with Gasteiger partial charge in [0.2, 0.25) is 5.91 Å². The van der Waals surface area contributed by atoms with Crippen LogP contribution in [0, 0.1) is 13.8 Å². The summed E-state index contributed by atoms with van der Waals surface area (Å²) in [5, 5.41) is 6.14. The molecule has 0 bridgehead atoms. The molecule has 0 saturated carbocycles. The Morgan fingerprint density at radius 2 is 2.00 bits per heavy atom. The molecule has 1 rings (SSSR count). The molecule has 1 N–H and O–H groups in total. The van der Waals surface area contributed by atoms with Gasteiger partial charge in [-0.2, -0.15) is 18.3 Å². The molecule has 0 aliphatic rings. The maximum atomic E-state index is 12.3. The molecule has 0 aromatic carbocycles. The predicted octanol–water partition coefficient (Wildman–Crippen LogP) is 2.04. The number of hydrogen-bond acceptors (Lipinski definition) is 2. The highest BCUT2D eigenvalue weighted by Gasteiger charge is 2.36. The van der Waals surface area contributed by atoms with Crippen LogP contribution in [0.4, 0.5) is 13.2 Å². The largest absolute Gasteiger partial charge is 0.408 e. The van der Waals surface area contributed by atoms with Gasteiger partial charge >= 0.3 is 6.18 Å². The lowest BCUT2D eigenvalue weighted by atomic mass is 10.1.